The molecule has 4 aromatic rings. The highest BCUT2D eigenvalue weighted by molar-refractivity contribution is 7.13. The highest BCUT2D eigenvalue weighted by atomic mass is 32.1. The van der Waals surface area contributed by atoms with Gasteiger partial charge < -0.3 is 10.2 Å². The van der Waals surface area contributed by atoms with E-state index >= 15 is 0 Å². The number of nitrogens with zero attached hydrogens (tertiary/aromatic N) is 3. The van der Waals surface area contributed by atoms with Gasteiger partial charge in [0.05, 0.1) is 16.3 Å². The van der Waals surface area contributed by atoms with E-state index in [0.717, 1.165) is 64.7 Å². The van der Waals surface area contributed by atoms with Crippen molar-refractivity contribution in [1.29, 1.82) is 0 Å². The van der Waals surface area contributed by atoms with E-state index in [9.17, 15) is 9.59 Å². The number of likely N-dealkylation sites (tertiary alicyclic amines) is 1. The predicted molar refractivity (Wildman–Crippen MR) is 167 cm³/mol. The molecule has 0 bridgehead atoms. The second-order valence-corrected chi connectivity index (χ2v) is 13.3. The van der Waals surface area contributed by atoms with Crippen molar-refractivity contribution in [1.82, 2.24) is 14.7 Å². The fourth-order valence-corrected chi connectivity index (χ4v) is 5.99. The van der Waals surface area contributed by atoms with Crippen molar-refractivity contribution in [3.63, 3.8) is 0 Å². The number of carbonyl (C=O) groups is 2. The van der Waals surface area contributed by atoms with E-state index in [1.165, 1.54) is 5.56 Å². The Morgan fingerprint density at radius 3 is 2.34 bits per heavy atom. The molecule has 3 amide bonds. The molecule has 41 heavy (non-hydrogen) atoms. The van der Waals surface area contributed by atoms with Crippen LogP contribution in [0.3, 0.4) is 0 Å². The summed E-state index contributed by atoms with van der Waals surface area (Å²) in [6.07, 6.45) is 2.88. The molecule has 0 radical (unpaired) electrons. The van der Waals surface area contributed by atoms with Gasteiger partial charge in [0.1, 0.15) is 5.82 Å². The van der Waals surface area contributed by atoms with Crippen LogP contribution in [0.15, 0.2) is 66.7 Å². The second kappa shape index (κ2) is 11.9. The fourth-order valence-electron chi connectivity index (χ4n) is 5.15. The quantitative estimate of drug-likeness (QED) is 0.251. The number of piperidine rings is 1. The fraction of sp³-hybridized carbons (Fsp3) is 0.364. The highest BCUT2D eigenvalue weighted by Crippen LogP contribution is 2.28. The summed E-state index contributed by atoms with van der Waals surface area (Å²) >= 11 is 1.57. The lowest BCUT2D eigenvalue weighted by Gasteiger charge is -2.32. The SMILES string of the molecule is Cc1ccc(-n2nc(C(C)(C)C)cc2NC(=O)Nc2cccc(CC3CCN(C(=O)c4ccc(C)s4)CC3)c2)cc1. The maximum atomic E-state index is 13.1. The van der Waals surface area contributed by atoms with Gasteiger partial charge in [-0.1, -0.05) is 50.6 Å². The molecule has 1 saturated heterocycles. The summed E-state index contributed by atoms with van der Waals surface area (Å²) in [5.41, 5.74) is 4.72. The highest BCUT2D eigenvalue weighted by Gasteiger charge is 2.25. The van der Waals surface area contributed by atoms with Crippen LogP contribution < -0.4 is 10.6 Å². The van der Waals surface area contributed by atoms with Crippen molar-refractivity contribution in [3.8, 4) is 5.69 Å². The maximum absolute atomic E-state index is 13.1. The van der Waals surface area contributed by atoms with Gasteiger partial charge in [0.25, 0.3) is 5.91 Å². The third-order valence-electron chi connectivity index (χ3n) is 7.56. The van der Waals surface area contributed by atoms with Crippen molar-refractivity contribution < 1.29 is 9.59 Å². The van der Waals surface area contributed by atoms with E-state index in [2.05, 4.69) is 37.5 Å². The number of aromatic nitrogens is 2. The number of rotatable bonds is 6. The summed E-state index contributed by atoms with van der Waals surface area (Å²) in [5, 5.41) is 10.8. The molecule has 0 saturated carbocycles. The van der Waals surface area contributed by atoms with Crippen LogP contribution in [0, 0.1) is 19.8 Å². The summed E-state index contributed by atoms with van der Waals surface area (Å²) in [6.45, 7) is 12.0. The monoisotopic (exact) mass is 569 g/mol. The molecular weight excluding hydrogens is 530 g/mol. The summed E-state index contributed by atoms with van der Waals surface area (Å²) in [6, 6.07) is 21.7. The van der Waals surface area contributed by atoms with Crippen molar-refractivity contribution >= 4 is 34.8 Å². The van der Waals surface area contributed by atoms with E-state index in [4.69, 9.17) is 5.10 Å². The number of hydrogen-bond donors (Lipinski definition) is 2. The molecule has 1 aliphatic heterocycles. The lowest BCUT2D eigenvalue weighted by Crippen LogP contribution is -2.38. The first-order valence-electron chi connectivity index (χ1n) is 14.3. The van der Waals surface area contributed by atoms with Crippen LogP contribution in [0.5, 0.6) is 0 Å². The van der Waals surface area contributed by atoms with Gasteiger partial charge in [-0.2, -0.15) is 5.10 Å². The maximum Gasteiger partial charge on any atom is 0.324 e. The molecule has 0 aliphatic carbocycles. The van der Waals surface area contributed by atoms with Crippen molar-refractivity contribution in [2.45, 2.75) is 59.3 Å². The molecule has 8 heteroatoms. The third kappa shape index (κ3) is 7.06. The summed E-state index contributed by atoms with van der Waals surface area (Å²) < 4.78 is 1.78. The van der Waals surface area contributed by atoms with Gasteiger partial charge in [-0.15, -0.1) is 11.3 Å². The van der Waals surface area contributed by atoms with Crippen molar-refractivity contribution in [2.75, 3.05) is 23.7 Å². The first-order valence-corrected chi connectivity index (χ1v) is 15.1. The summed E-state index contributed by atoms with van der Waals surface area (Å²) in [4.78, 5) is 29.9. The molecule has 0 atom stereocenters. The average molecular weight is 570 g/mol. The zero-order valence-corrected chi connectivity index (χ0v) is 25.3. The Balaban J connectivity index is 1.20. The topological polar surface area (TPSA) is 79.3 Å². The normalized spacial score (nSPS) is 14.2. The number of urea groups is 1. The molecule has 1 aliphatic rings. The molecule has 3 heterocycles. The zero-order valence-electron chi connectivity index (χ0n) is 24.5. The van der Waals surface area contributed by atoms with Crippen LogP contribution in [-0.4, -0.2) is 39.7 Å². The number of thiophene rings is 1. The van der Waals surface area contributed by atoms with E-state index in [0.29, 0.717) is 11.7 Å². The first-order chi connectivity index (χ1) is 19.5. The number of anilines is 2. The molecular formula is C33H39N5O2S. The number of hydrogen-bond acceptors (Lipinski definition) is 4. The number of carbonyl (C=O) groups excluding carboxylic acids is 2. The van der Waals surface area contributed by atoms with Crippen LogP contribution in [-0.2, 0) is 11.8 Å². The van der Waals surface area contributed by atoms with Crippen LogP contribution in [0.25, 0.3) is 5.69 Å². The first kappa shape index (κ1) is 28.6. The van der Waals surface area contributed by atoms with Gasteiger partial charge >= 0.3 is 6.03 Å². The van der Waals surface area contributed by atoms with Gasteiger partial charge in [-0.3, -0.25) is 10.1 Å². The Hall–Kier alpha value is -3.91. The molecule has 214 valence electrons. The number of amides is 3. The van der Waals surface area contributed by atoms with Gasteiger partial charge in [0, 0.05) is 35.1 Å². The molecule has 1 fully saturated rings. The van der Waals surface area contributed by atoms with Gasteiger partial charge in [-0.25, -0.2) is 9.48 Å². The molecule has 5 rings (SSSR count). The zero-order chi connectivity index (χ0) is 29.1. The molecule has 7 nitrogen and oxygen atoms in total. The minimum absolute atomic E-state index is 0.150. The minimum atomic E-state index is -0.313. The minimum Gasteiger partial charge on any atom is -0.338 e. The smallest absolute Gasteiger partial charge is 0.324 e. The Labute approximate surface area is 246 Å². The number of nitrogens with one attached hydrogen (secondary N) is 2. The Kier molecular flexibility index (Phi) is 8.31. The second-order valence-electron chi connectivity index (χ2n) is 12.0. The molecule has 2 aromatic carbocycles. The van der Waals surface area contributed by atoms with Gasteiger partial charge in [0.2, 0.25) is 0 Å². The number of benzene rings is 2. The van der Waals surface area contributed by atoms with E-state index in [1.807, 2.05) is 79.4 Å². The molecule has 0 unspecified atom stereocenters. The van der Waals surface area contributed by atoms with Crippen molar-refractivity contribution in [2.24, 2.45) is 5.92 Å². The van der Waals surface area contributed by atoms with E-state index in [1.54, 1.807) is 16.0 Å². The van der Waals surface area contributed by atoms with Crippen LogP contribution in [0.1, 0.15) is 65.0 Å². The van der Waals surface area contributed by atoms with E-state index in [-0.39, 0.29) is 17.4 Å². The molecule has 0 spiro atoms. The third-order valence-corrected chi connectivity index (χ3v) is 8.55. The predicted octanol–water partition coefficient (Wildman–Crippen LogP) is 7.59. The van der Waals surface area contributed by atoms with Gasteiger partial charge in [-0.05, 0) is 81.0 Å². The van der Waals surface area contributed by atoms with Crippen LogP contribution in [0.2, 0.25) is 0 Å². The summed E-state index contributed by atoms with van der Waals surface area (Å²) in [7, 11) is 0. The summed E-state index contributed by atoms with van der Waals surface area (Å²) in [5.74, 6) is 1.27. The largest absolute Gasteiger partial charge is 0.338 e. The number of aryl methyl sites for hydroxylation is 2. The van der Waals surface area contributed by atoms with Crippen molar-refractivity contribution in [3.05, 3.63) is 93.3 Å². The molecule has 2 aromatic heterocycles. The molecule has 2 N–H and O–H groups in total. The lowest BCUT2D eigenvalue weighted by molar-refractivity contribution is 0.0695. The Bertz CT molecular complexity index is 1520. The van der Waals surface area contributed by atoms with Crippen LogP contribution >= 0.6 is 11.3 Å². The lowest BCUT2D eigenvalue weighted by atomic mass is 9.90. The van der Waals surface area contributed by atoms with Gasteiger partial charge in [0.15, 0.2) is 0 Å². The van der Waals surface area contributed by atoms with Crippen LogP contribution in [0.4, 0.5) is 16.3 Å². The average Bonchev–Trinajstić information content (AvgIpc) is 3.56. The Morgan fingerprint density at radius 2 is 1.68 bits per heavy atom. The standard InChI is InChI=1S/C33H39N5O2S/c1-22-9-12-27(13-10-22)38-30(21-29(36-38)33(3,4)5)35-32(40)34-26-8-6-7-25(20-26)19-24-15-17-37(18-16-24)31(39)28-14-11-23(2)41-28/h6-14,20-21,24H,15-19H2,1-5H3,(H2,34,35,40). The van der Waals surface area contributed by atoms with E-state index < -0.39 is 0 Å². The Morgan fingerprint density at radius 1 is 0.951 bits per heavy atom.